The molecule has 0 saturated carbocycles. The van der Waals surface area contributed by atoms with Gasteiger partial charge in [0.2, 0.25) is 0 Å². The number of pyridine rings is 1. The van der Waals surface area contributed by atoms with E-state index >= 15 is 0 Å². The van der Waals surface area contributed by atoms with E-state index in [1.165, 1.54) is 38.0 Å². The van der Waals surface area contributed by atoms with E-state index in [0.29, 0.717) is 0 Å². The van der Waals surface area contributed by atoms with Gasteiger partial charge in [0, 0.05) is 24.1 Å². The fourth-order valence-corrected chi connectivity index (χ4v) is 3.39. The van der Waals surface area contributed by atoms with E-state index in [1.807, 2.05) is 13.0 Å². The van der Waals surface area contributed by atoms with Gasteiger partial charge in [-0.25, -0.2) is 4.98 Å². The summed E-state index contributed by atoms with van der Waals surface area (Å²) < 4.78 is 0. The zero-order valence-corrected chi connectivity index (χ0v) is 14.0. The third-order valence-corrected chi connectivity index (χ3v) is 4.78. The second-order valence-electron chi connectivity index (χ2n) is 6.52. The molecule has 0 aliphatic carbocycles. The van der Waals surface area contributed by atoms with Crippen LogP contribution in [0.2, 0.25) is 0 Å². The number of H-pyrrole nitrogens is 1. The maximum Gasteiger partial charge on any atom is 0.141 e. The first-order valence-corrected chi connectivity index (χ1v) is 8.67. The van der Waals surface area contributed by atoms with Gasteiger partial charge < -0.3 is 10.2 Å². The molecule has 0 unspecified atom stereocenters. The molecule has 1 aliphatic rings. The minimum atomic E-state index is 0.851. The molecule has 24 heavy (non-hydrogen) atoms. The lowest BCUT2D eigenvalue weighted by Gasteiger charge is -2.14. The maximum atomic E-state index is 4.47. The molecule has 0 bridgehead atoms. The van der Waals surface area contributed by atoms with E-state index in [-0.39, 0.29) is 0 Å². The number of benzene rings is 1. The predicted octanol–water partition coefficient (Wildman–Crippen LogP) is 3.65. The van der Waals surface area contributed by atoms with Gasteiger partial charge in [0.15, 0.2) is 0 Å². The van der Waals surface area contributed by atoms with Crippen LogP contribution in [0.1, 0.15) is 24.1 Å². The van der Waals surface area contributed by atoms with Crippen molar-refractivity contribution >= 4 is 22.4 Å². The third kappa shape index (κ3) is 3.12. The molecule has 1 aromatic carbocycles. The van der Waals surface area contributed by atoms with Crippen LogP contribution < -0.4 is 5.32 Å². The molecule has 5 heteroatoms. The van der Waals surface area contributed by atoms with Gasteiger partial charge in [-0.15, -0.1) is 0 Å². The van der Waals surface area contributed by atoms with Gasteiger partial charge in [0.25, 0.3) is 0 Å². The van der Waals surface area contributed by atoms with Crippen LogP contribution in [0.3, 0.4) is 0 Å². The average Bonchev–Trinajstić information content (AvgIpc) is 3.25. The highest BCUT2D eigenvalue weighted by Crippen LogP contribution is 2.25. The smallest absolute Gasteiger partial charge is 0.141 e. The molecule has 0 spiro atoms. The van der Waals surface area contributed by atoms with Gasteiger partial charge in [-0.2, -0.15) is 5.10 Å². The number of anilines is 2. The van der Waals surface area contributed by atoms with Crippen LogP contribution in [-0.2, 0) is 6.42 Å². The van der Waals surface area contributed by atoms with Gasteiger partial charge in [0.1, 0.15) is 5.82 Å². The first-order chi connectivity index (χ1) is 11.8. The summed E-state index contributed by atoms with van der Waals surface area (Å²) in [6.45, 7) is 5.71. The van der Waals surface area contributed by atoms with Crippen LogP contribution in [0.4, 0.5) is 11.5 Å². The zero-order valence-electron chi connectivity index (χ0n) is 14.0. The highest BCUT2D eigenvalue weighted by atomic mass is 15.1. The molecule has 3 aromatic rings. The molecule has 1 aliphatic heterocycles. The number of fused-ring (bicyclic) bond motifs is 1. The SMILES string of the molecule is Cc1[nH]nc2ccnc(Nc3ccc(CCN4CCCC4)cc3)c12. The summed E-state index contributed by atoms with van der Waals surface area (Å²) in [4.78, 5) is 7.02. The maximum absolute atomic E-state index is 4.47. The minimum absolute atomic E-state index is 0.851. The molecular formula is C19H23N5. The monoisotopic (exact) mass is 321 g/mol. The number of likely N-dealkylation sites (tertiary alicyclic amines) is 1. The van der Waals surface area contributed by atoms with E-state index in [1.54, 1.807) is 6.20 Å². The molecule has 4 rings (SSSR count). The van der Waals surface area contributed by atoms with Gasteiger partial charge >= 0.3 is 0 Å². The molecule has 2 N–H and O–H groups in total. The van der Waals surface area contributed by atoms with E-state index in [9.17, 15) is 0 Å². The summed E-state index contributed by atoms with van der Waals surface area (Å²) in [6.07, 6.45) is 5.62. The predicted molar refractivity (Wildman–Crippen MR) is 97.7 cm³/mol. The lowest BCUT2D eigenvalue weighted by molar-refractivity contribution is 0.343. The Bertz CT molecular complexity index is 815. The number of rotatable bonds is 5. The number of hydrogen-bond acceptors (Lipinski definition) is 4. The topological polar surface area (TPSA) is 56.8 Å². The second-order valence-corrected chi connectivity index (χ2v) is 6.52. The van der Waals surface area contributed by atoms with Crippen molar-refractivity contribution in [1.82, 2.24) is 20.1 Å². The lowest BCUT2D eigenvalue weighted by atomic mass is 10.1. The number of aryl methyl sites for hydroxylation is 1. The molecule has 2 aromatic heterocycles. The Kier molecular flexibility index (Phi) is 4.17. The van der Waals surface area contributed by atoms with Crippen molar-refractivity contribution in [3.8, 4) is 0 Å². The van der Waals surface area contributed by atoms with Crippen molar-refractivity contribution in [1.29, 1.82) is 0 Å². The molecule has 1 saturated heterocycles. The van der Waals surface area contributed by atoms with Crippen LogP contribution in [0.15, 0.2) is 36.5 Å². The Balaban J connectivity index is 1.45. The Morgan fingerprint density at radius 2 is 1.92 bits per heavy atom. The fraction of sp³-hybridized carbons (Fsp3) is 0.368. The highest BCUT2D eigenvalue weighted by Gasteiger charge is 2.11. The van der Waals surface area contributed by atoms with E-state index in [4.69, 9.17) is 0 Å². The van der Waals surface area contributed by atoms with E-state index in [2.05, 4.69) is 49.7 Å². The Labute approximate surface area is 142 Å². The highest BCUT2D eigenvalue weighted by molar-refractivity contribution is 5.92. The Morgan fingerprint density at radius 3 is 2.71 bits per heavy atom. The Hall–Kier alpha value is -2.40. The van der Waals surface area contributed by atoms with Crippen molar-refractivity contribution in [2.45, 2.75) is 26.2 Å². The van der Waals surface area contributed by atoms with Crippen molar-refractivity contribution in [3.63, 3.8) is 0 Å². The van der Waals surface area contributed by atoms with Crippen molar-refractivity contribution in [2.24, 2.45) is 0 Å². The first kappa shape index (κ1) is 15.1. The van der Waals surface area contributed by atoms with Crippen LogP contribution >= 0.6 is 0 Å². The summed E-state index contributed by atoms with van der Waals surface area (Å²) in [5.41, 5.74) is 4.41. The van der Waals surface area contributed by atoms with Gasteiger partial charge in [-0.05, 0) is 63.0 Å². The van der Waals surface area contributed by atoms with Gasteiger partial charge in [-0.1, -0.05) is 12.1 Å². The van der Waals surface area contributed by atoms with Crippen LogP contribution in [0, 0.1) is 6.92 Å². The summed E-state index contributed by atoms with van der Waals surface area (Å²) in [5.74, 6) is 0.851. The minimum Gasteiger partial charge on any atom is -0.340 e. The summed E-state index contributed by atoms with van der Waals surface area (Å²) in [6, 6.07) is 10.6. The third-order valence-electron chi connectivity index (χ3n) is 4.78. The van der Waals surface area contributed by atoms with Crippen LogP contribution in [0.5, 0.6) is 0 Å². The fourth-order valence-electron chi connectivity index (χ4n) is 3.39. The summed E-state index contributed by atoms with van der Waals surface area (Å²) in [7, 11) is 0. The molecular weight excluding hydrogens is 298 g/mol. The Morgan fingerprint density at radius 1 is 1.12 bits per heavy atom. The largest absolute Gasteiger partial charge is 0.340 e. The standard InChI is InChI=1S/C19H23N5/c1-14-18-17(23-22-14)8-10-20-19(18)21-16-6-4-15(5-7-16)9-13-24-11-2-3-12-24/h4-8,10H,2-3,9,11-13H2,1H3,(H,20,21)(H,22,23). The first-order valence-electron chi connectivity index (χ1n) is 8.67. The molecule has 3 heterocycles. The average molecular weight is 321 g/mol. The quantitative estimate of drug-likeness (QED) is 0.753. The summed E-state index contributed by atoms with van der Waals surface area (Å²) >= 11 is 0. The normalized spacial score (nSPS) is 15.2. The second kappa shape index (κ2) is 6.61. The van der Waals surface area contributed by atoms with Gasteiger partial charge in [-0.3, -0.25) is 5.10 Å². The van der Waals surface area contributed by atoms with Crippen molar-refractivity contribution in [3.05, 3.63) is 47.8 Å². The van der Waals surface area contributed by atoms with Crippen molar-refractivity contribution < 1.29 is 0 Å². The van der Waals surface area contributed by atoms with Crippen LogP contribution in [-0.4, -0.2) is 39.7 Å². The molecule has 124 valence electrons. The van der Waals surface area contributed by atoms with E-state index in [0.717, 1.165) is 34.5 Å². The van der Waals surface area contributed by atoms with E-state index < -0.39 is 0 Å². The molecule has 0 radical (unpaired) electrons. The number of hydrogen-bond donors (Lipinski definition) is 2. The molecule has 1 fully saturated rings. The van der Waals surface area contributed by atoms with Crippen molar-refractivity contribution in [2.75, 3.05) is 25.0 Å². The molecule has 0 atom stereocenters. The molecule has 0 amide bonds. The summed E-state index contributed by atoms with van der Waals surface area (Å²) in [5, 5.41) is 11.8. The molecule has 5 nitrogen and oxygen atoms in total. The lowest BCUT2D eigenvalue weighted by Crippen LogP contribution is -2.21. The van der Waals surface area contributed by atoms with Gasteiger partial charge in [0.05, 0.1) is 10.9 Å². The number of nitrogens with zero attached hydrogens (tertiary/aromatic N) is 3. The zero-order chi connectivity index (χ0) is 16.4. The number of aromatic amines is 1. The van der Waals surface area contributed by atoms with Crippen LogP contribution in [0.25, 0.3) is 10.9 Å². The number of nitrogens with one attached hydrogen (secondary N) is 2. The number of aromatic nitrogens is 3.